The molecule has 3 aromatic rings. The molecule has 2 N–H and O–H groups in total. The zero-order valence-corrected chi connectivity index (χ0v) is 11.2. The molecular formula is C15H11ClFN3. The molecule has 0 saturated carbocycles. The van der Waals surface area contributed by atoms with Gasteiger partial charge in [-0.05, 0) is 24.3 Å². The molecule has 2 aromatic carbocycles. The SMILES string of the molecule is Nc1ccc(F)c(-n2cncc2-c2ccccc2Cl)c1. The Kier molecular flexibility index (Phi) is 3.16. The lowest BCUT2D eigenvalue weighted by Gasteiger charge is -2.11. The minimum absolute atomic E-state index is 0.345. The predicted molar refractivity (Wildman–Crippen MR) is 78.4 cm³/mol. The van der Waals surface area contributed by atoms with E-state index in [1.807, 2.05) is 18.2 Å². The summed E-state index contributed by atoms with van der Waals surface area (Å²) in [7, 11) is 0. The van der Waals surface area contributed by atoms with Crippen LogP contribution in [0.25, 0.3) is 16.9 Å². The number of benzene rings is 2. The molecular weight excluding hydrogens is 277 g/mol. The van der Waals surface area contributed by atoms with Gasteiger partial charge in [0.1, 0.15) is 5.82 Å². The van der Waals surface area contributed by atoms with E-state index < -0.39 is 0 Å². The van der Waals surface area contributed by atoms with Crippen LogP contribution in [0.5, 0.6) is 0 Å². The highest BCUT2D eigenvalue weighted by Crippen LogP contribution is 2.30. The van der Waals surface area contributed by atoms with E-state index in [1.165, 1.54) is 18.5 Å². The first-order valence-electron chi connectivity index (χ1n) is 5.99. The molecule has 0 radical (unpaired) electrons. The Morgan fingerprint density at radius 1 is 1.15 bits per heavy atom. The van der Waals surface area contributed by atoms with E-state index in [0.29, 0.717) is 22.1 Å². The van der Waals surface area contributed by atoms with Gasteiger partial charge in [0.05, 0.1) is 23.9 Å². The van der Waals surface area contributed by atoms with E-state index in [-0.39, 0.29) is 5.82 Å². The smallest absolute Gasteiger partial charge is 0.147 e. The predicted octanol–water partition coefficient (Wildman–Crippen LogP) is 3.91. The van der Waals surface area contributed by atoms with E-state index in [0.717, 1.165) is 5.56 Å². The van der Waals surface area contributed by atoms with Gasteiger partial charge in [-0.1, -0.05) is 29.8 Å². The molecule has 3 rings (SSSR count). The van der Waals surface area contributed by atoms with Crippen molar-refractivity contribution < 1.29 is 4.39 Å². The summed E-state index contributed by atoms with van der Waals surface area (Å²) in [6.45, 7) is 0. The topological polar surface area (TPSA) is 43.8 Å². The van der Waals surface area contributed by atoms with Gasteiger partial charge >= 0.3 is 0 Å². The maximum atomic E-state index is 14.0. The Morgan fingerprint density at radius 2 is 1.95 bits per heavy atom. The van der Waals surface area contributed by atoms with E-state index in [9.17, 15) is 4.39 Å². The Labute approximate surface area is 120 Å². The first-order valence-corrected chi connectivity index (χ1v) is 6.37. The molecule has 100 valence electrons. The van der Waals surface area contributed by atoms with Crippen LogP contribution in [0.2, 0.25) is 5.02 Å². The van der Waals surface area contributed by atoms with Gasteiger partial charge < -0.3 is 5.73 Å². The van der Waals surface area contributed by atoms with E-state index in [2.05, 4.69) is 4.98 Å². The zero-order chi connectivity index (χ0) is 14.1. The number of imidazole rings is 1. The second-order valence-electron chi connectivity index (χ2n) is 4.34. The number of hydrogen-bond donors (Lipinski definition) is 1. The molecule has 0 atom stereocenters. The van der Waals surface area contributed by atoms with Gasteiger partial charge in [-0.3, -0.25) is 4.57 Å². The average molecular weight is 288 g/mol. The maximum Gasteiger partial charge on any atom is 0.147 e. The molecule has 0 aliphatic rings. The van der Waals surface area contributed by atoms with Crippen molar-refractivity contribution >= 4 is 17.3 Å². The molecule has 1 heterocycles. The van der Waals surface area contributed by atoms with Crippen LogP contribution in [-0.2, 0) is 0 Å². The van der Waals surface area contributed by atoms with Gasteiger partial charge in [-0.25, -0.2) is 9.37 Å². The molecule has 0 spiro atoms. The lowest BCUT2D eigenvalue weighted by atomic mass is 10.1. The third-order valence-electron chi connectivity index (χ3n) is 3.02. The van der Waals surface area contributed by atoms with Gasteiger partial charge in [0, 0.05) is 16.3 Å². The number of aromatic nitrogens is 2. The summed E-state index contributed by atoms with van der Waals surface area (Å²) in [6.07, 6.45) is 3.18. The first kappa shape index (κ1) is 12.7. The molecule has 0 saturated heterocycles. The van der Waals surface area contributed by atoms with Crippen LogP contribution in [0, 0.1) is 5.82 Å². The fraction of sp³-hybridized carbons (Fsp3) is 0. The molecule has 0 amide bonds. The molecule has 0 aliphatic carbocycles. The number of halogens is 2. The molecule has 5 heteroatoms. The van der Waals surface area contributed by atoms with E-state index in [4.69, 9.17) is 17.3 Å². The highest BCUT2D eigenvalue weighted by molar-refractivity contribution is 6.33. The van der Waals surface area contributed by atoms with E-state index >= 15 is 0 Å². The number of hydrogen-bond acceptors (Lipinski definition) is 2. The van der Waals surface area contributed by atoms with Crippen molar-refractivity contribution in [1.29, 1.82) is 0 Å². The molecule has 0 unspecified atom stereocenters. The number of nitrogen functional groups attached to an aromatic ring is 1. The number of anilines is 1. The molecule has 3 nitrogen and oxygen atoms in total. The van der Waals surface area contributed by atoms with Gasteiger partial charge in [-0.2, -0.15) is 0 Å². The Hall–Kier alpha value is -2.33. The van der Waals surface area contributed by atoms with Gasteiger partial charge in [-0.15, -0.1) is 0 Å². The summed E-state index contributed by atoms with van der Waals surface area (Å²) in [5.41, 5.74) is 8.05. The normalized spacial score (nSPS) is 10.7. The second kappa shape index (κ2) is 4.98. The summed E-state index contributed by atoms with van der Waals surface area (Å²) in [4.78, 5) is 4.08. The third kappa shape index (κ3) is 2.14. The minimum Gasteiger partial charge on any atom is -0.399 e. The highest BCUT2D eigenvalue weighted by atomic mass is 35.5. The van der Waals surface area contributed by atoms with Crippen LogP contribution in [0.3, 0.4) is 0 Å². The summed E-state index contributed by atoms with van der Waals surface area (Å²) in [6, 6.07) is 11.8. The van der Waals surface area contributed by atoms with Crippen molar-refractivity contribution in [3.63, 3.8) is 0 Å². The van der Waals surface area contributed by atoms with Gasteiger partial charge in [0.15, 0.2) is 0 Å². The van der Waals surface area contributed by atoms with Crippen LogP contribution < -0.4 is 5.73 Å². The molecule has 0 aliphatic heterocycles. The zero-order valence-electron chi connectivity index (χ0n) is 10.4. The van der Waals surface area contributed by atoms with E-state index in [1.54, 1.807) is 22.9 Å². The third-order valence-corrected chi connectivity index (χ3v) is 3.35. The summed E-state index contributed by atoms with van der Waals surface area (Å²) < 4.78 is 15.6. The van der Waals surface area contributed by atoms with Crippen molar-refractivity contribution in [1.82, 2.24) is 9.55 Å². The lowest BCUT2D eigenvalue weighted by Crippen LogP contribution is -2.00. The van der Waals surface area contributed by atoms with Crippen molar-refractivity contribution in [3.05, 3.63) is 65.8 Å². The molecule has 0 fully saturated rings. The fourth-order valence-corrected chi connectivity index (χ4v) is 2.30. The summed E-state index contributed by atoms with van der Waals surface area (Å²) >= 11 is 6.19. The second-order valence-corrected chi connectivity index (χ2v) is 4.75. The number of rotatable bonds is 2. The largest absolute Gasteiger partial charge is 0.399 e. The monoisotopic (exact) mass is 287 g/mol. The minimum atomic E-state index is -0.370. The van der Waals surface area contributed by atoms with Crippen LogP contribution in [0.1, 0.15) is 0 Å². The van der Waals surface area contributed by atoms with Crippen molar-refractivity contribution in [3.8, 4) is 16.9 Å². The highest BCUT2D eigenvalue weighted by Gasteiger charge is 2.13. The van der Waals surface area contributed by atoms with Crippen LogP contribution in [-0.4, -0.2) is 9.55 Å². The standard InChI is InChI=1S/C15H11ClFN3/c16-12-4-2-1-3-11(12)15-8-19-9-20(15)14-7-10(18)5-6-13(14)17/h1-9H,18H2. The Morgan fingerprint density at radius 3 is 2.75 bits per heavy atom. The van der Waals surface area contributed by atoms with Crippen LogP contribution in [0.4, 0.5) is 10.1 Å². The molecule has 20 heavy (non-hydrogen) atoms. The lowest BCUT2D eigenvalue weighted by molar-refractivity contribution is 0.619. The number of nitrogens with zero attached hydrogens (tertiary/aromatic N) is 2. The van der Waals surface area contributed by atoms with Crippen LogP contribution in [0.15, 0.2) is 55.0 Å². The van der Waals surface area contributed by atoms with Crippen molar-refractivity contribution in [2.24, 2.45) is 0 Å². The molecule has 0 bridgehead atoms. The number of nitrogens with two attached hydrogens (primary N) is 1. The van der Waals surface area contributed by atoms with Gasteiger partial charge in [0.25, 0.3) is 0 Å². The summed E-state index contributed by atoms with van der Waals surface area (Å²) in [5.74, 6) is -0.370. The van der Waals surface area contributed by atoms with Crippen LogP contribution >= 0.6 is 11.6 Å². The van der Waals surface area contributed by atoms with Gasteiger partial charge in [0.2, 0.25) is 0 Å². The quantitative estimate of drug-likeness (QED) is 0.726. The Balaban J connectivity index is 2.21. The van der Waals surface area contributed by atoms with Crippen molar-refractivity contribution in [2.75, 3.05) is 5.73 Å². The molecule has 1 aromatic heterocycles. The summed E-state index contributed by atoms with van der Waals surface area (Å²) in [5, 5.41) is 0.582. The van der Waals surface area contributed by atoms with Crippen molar-refractivity contribution in [2.45, 2.75) is 0 Å². The fourth-order valence-electron chi connectivity index (χ4n) is 2.07. The first-order chi connectivity index (χ1) is 9.66. The Bertz CT molecular complexity index is 767. The average Bonchev–Trinajstić information content (AvgIpc) is 2.91. The maximum absolute atomic E-state index is 14.0.